The van der Waals surface area contributed by atoms with E-state index in [-0.39, 0.29) is 23.1 Å². The van der Waals surface area contributed by atoms with Gasteiger partial charge in [0.2, 0.25) is 5.43 Å². The van der Waals surface area contributed by atoms with Gasteiger partial charge in [-0.3, -0.25) is 14.4 Å². The number of likely N-dealkylation sites (tertiary alicyclic amines) is 1. The smallest absolute Gasteiger partial charge is 0.259 e. The zero-order valence-corrected chi connectivity index (χ0v) is 19.5. The van der Waals surface area contributed by atoms with Gasteiger partial charge < -0.3 is 19.5 Å². The summed E-state index contributed by atoms with van der Waals surface area (Å²) < 4.78 is 7.08. The molecule has 1 aliphatic carbocycles. The standard InChI is InChI=1S/C26H33N3O4/c1-3-20-8-4-5-12-29(20)26(32)23-17-28(15-19-7-6-9-21(13-19)33-2)16-22(24(23)30)25(31)27-14-18-10-11-18/h6-7,9,13,16-18,20H,3-5,8,10-12,14-15H2,1-2H3,(H,27,31)/t20-/m0/s1. The Bertz CT molecular complexity index is 1070. The first kappa shape index (κ1) is 23.1. The van der Waals surface area contributed by atoms with Crippen molar-refractivity contribution in [2.24, 2.45) is 5.92 Å². The fourth-order valence-corrected chi connectivity index (χ4v) is 4.52. The monoisotopic (exact) mass is 451 g/mol. The van der Waals surface area contributed by atoms with Gasteiger partial charge in [0.05, 0.1) is 7.11 Å². The van der Waals surface area contributed by atoms with Crippen molar-refractivity contribution in [1.29, 1.82) is 0 Å². The Balaban J connectivity index is 1.69. The molecule has 1 aliphatic heterocycles. The van der Waals surface area contributed by atoms with E-state index in [1.165, 1.54) is 0 Å². The molecule has 0 radical (unpaired) electrons. The summed E-state index contributed by atoms with van der Waals surface area (Å²) in [6.45, 7) is 3.69. The van der Waals surface area contributed by atoms with Crippen molar-refractivity contribution in [2.45, 2.75) is 58.0 Å². The lowest BCUT2D eigenvalue weighted by molar-refractivity contribution is 0.0605. The normalized spacial score (nSPS) is 18.1. The van der Waals surface area contributed by atoms with Crippen molar-refractivity contribution in [3.8, 4) is 5.75 Å². The minimum absolute atomic E-state index is 0.0226. The summed E-state index contributed by atoms with van der Waals surface area (Å²) in [6, 6.07) is 7.74. The van der Waals surface area contributed by atoms with Gasteiger partial charge in [-0.05, 0) is 62.1 Å². The molecule has 1 saturated carbocycles. The molecule has 0 bridgehead atoms. The molecule has 1 atom stereocenters. The maximum Gasteiger partial charge on any atom is 0.259 e. The molecule has 7 heteroatoms. The summed E-state index contributed by atoms with van der Waals surface area (Å²) in [5, 5.41) is 2.88. The van der Waals surface area contributed by atoms with Crippen LogP contribution < -0.4 is 15.5 Å². The van der Waals surface area contributed by atoms with Crippen LogP contribution in [0.5, 0.6) is 5.75 Å². The largest absolute Gasteiger partial charge is 0.497 e. The van der Waals surface area contributed by atoms with E-state index in [1.54, 1.807) is 24.1 Å². The second kappa shape index (κ2) is 10.2. The van der Waals surface area contributed by atoms with Crippen LogP contribution in [0, 0.1) is 5.92 Å². The highest BCUT2D eigenvalue weighted by Crippen LogP contribution is 2.27. The minimum atomic E-state index is -0.490. The van der Waals surface area contributed by atoms with Gasteiger partial charge in [-0.2, -0.15) is 0 Å². The van der Waals surface area contributed by atoms with Crippen LogP contribution >= 0.6 is 0 Å². The highest BCUT2D eigenvalue weighted by Gasteiger charge is 2.30. The zero-order chi connectivity index (χ0) is 23.4. The fourth-order valence-electron chi connectivity index (χ4n) is 4.52. The van der Waals surface area contributed by atoms with Crippen LogP contribution in [-0.2, 0) is 6.54 Å². The summed E-state index contributed by atoms with van der Waals surface area (Å²) in [7, 11) is 1.61. The first-order valence-corrected chi connectivity index (χ1v) is 12.0. The molecular weight excluding hydrogens is 418 g/mol. The third-order valence-corrected chi connectivity index (χ3v) is 6.66. The van der Waals surface area contributed by atoms with E-state index in [9.17, 15) is 14.4 Å². The van der Waals surface area contributed by atoms with E-state index in [4.69, 9.17) is 4.74 Å². The third-order valence-electron chi connectivity index (χ3n) is 6.66. The number of amides is 2. The molecule has 7 nitrogen and oxygen atoms in total. The maximum atomic E-state index is 13.5. The van der Waals surface area contributed by atoms with Crippen molar-refractivity contribution in [2.75, 3.05) is 20.2 Å². The Labute approximate surface area is 194 Å². The Kier molecular flexibility index (Phi) is 7.16. The maximum absolute atomic E-state index is 13.5. The van der Waals surface area contributed by atoms with Crippen LogP contribution in [0.15, 0.2) is 41.5 Å². The number of pyridine rings is 1. The highest BCUT2D eigenvalue weighted by molar-refractivity contribution is 5.99. The van der Waals surface area contributed by atoms with E-state index in [0.717, 1.165) is 49.8 Å². The molecule has 2 aliphatic rings. The van der Waals surface area contributed by atoms with Crippen LogP contribution in [0.3, 0.4) is 0 Å². The number of methoxy groups -OCH3 is 1. The number of carbonyl (C=O) groups is 2. The number of rotatable bonds is 8. The number of hydrogen-bond acceptors (Lipinski definition) is 4. The molecule has 0 unspecified atom stereocenters. The van der Waals surface area contributed by atoms with E-state index < -0.39 is 11.3 Å². The molecule has 33 heavy (non-hydrogen) atoms. The van der Waals surface area contributed by atoms with Crippen molar-refractivity contribution < 1.29 is 14.3 Å². The Morgan fingerprint density at radius 2 is 1.91 bits per heavy atom. The lowest BCUT2D eigenvalue weighted by atomic mass is 9.98. The topological polar surface area (TPSA) is 80.6 Å². The Morgan fingerprint density at radius 3 is 2.64 bits per heavy atom. The number of benzene rings is 1. The second-order valence-corrected chi connectivity index (χ2v) is 9.15. The molecule has 4 rings (SSSR count). The SMILES string of the molecule is CC[C@H]1CCCCN1C(=O)c1cn(Cc2cccc(OC)c2)cc(C(=O)NCC2CC2)c1=O. The summed E-state index contributed by atoms with van der Waals surface area (Å²) in [4.78, 5) is 41.5. The number of carbonyl (C=O) groups excluding carboxylic acids is 2. The Hall–Kier alpha value is -3.09. The molecule has 0 spiro atoms. The number of ether oxygens (including phenoxy) is 1. The van der Waals surface area contributed by atoms with Crippen LogP contribution in [0.25, 0.3) is 0 Å². The summed E-state index contributed by atoms with van der Waals surface area (Å²) in [5.74, 6) is 0.539. The Morgan fingerprint density at radius 1 is 1.12 bits per heavy atom. The highest BCUT2D eigenvalue weighted by atomic mass is 16.5. The van der Waals surface area contributed by atoms with E-state index in [2.05, 4.69) is 12.2 Å². The number of nitrogens with one attached hydrogen (secondary N) is 1. The van der Waals surface area contributed by atoms with Crippen LogP contribution in [0.1, 0.15) is 71.7 Å². The predicted octanol–water partition coefficient (Wildman–Crippen LogP) is 3.45. The van der Waals surface area contributed by atoms with Crippen LogP contribution in [-0.4, -0.2) is 47.5 Å². The average Bonchev–Trinajstić information content (AvgIpc) is 3.67. The van der Waals surface area contributed by atoms with Crippen molar-refractivity contribution in [1.82, 2.24) is 14.8 Å². The first-order chi connectivity index (χ1) is 16.0. The van der Waals surface area contributed by atoms with Gasteiger partial charge in [0.25, 0.3) is 11.8 Å². The van der Waals surface area contributed by atoms with Gasteiger partial charge in [0.1, 0.15) is 16.9 Å². The van der Waals surface area contributed by atoms with Gasteiger partial charge in [0.15, 0.2) is 0 Å². The lowest BCUT2D eigenvalue weighted by Gasteiger charge is -2.35. The van der Waals surface area contributed by atoms with Gasteiger partial charge in [-0.15, -0.1) is 0 Å². The summed E-state index contributed by atoms with van der Waals surface area (Å²) in [5.41, 5.74) is 0.549. The lowest BCUT2D eigenvalue weighted by Crippen LogP contribution is -2.45. The van der Waals surface area contributed by atoms with E-state index in [1.807, 2.05) is 29.2 Å². The van der Waals surface area contributed by atoms with Gasteiger partial charge in [0, 0.05) is 38.1 Å². The molecule has 1 aromatic heterocycles. The van der Waals surface area contributed by atoms with Crippen molar-refractivity contribution >= 4 is 11.8 Å². The molecule has 1 saturated heterocycles. The molecule has 2 amide bonds. The van der Waals surface area contributed by atoms with Crippen LogP contribution in [0.2, 0.25) is 0 Å². The average molecular weight is 452 g/mol. The van der Waals surface area contributed by atoms with E-state index in [0.29, 0.717) is 25.6 Å². The number of aromatic nitrogens is 1. The molecule has 2 heterocycles. The fraction of sp³-hybridized carbons (Fsp3) is 0.500. The minimum Gasteiger partial charge on any atom is -0.497 e. The molecule has 1 aromatic carbocycles. The predicted molar refractivity (Wildman–Crippen MR) is 127 cm³/mol. The van der Waals surface area contributed by atoms with Gasteiger partial charge >= 0.3 is 0 Å². The molecule has 2 aromatic rings. The quantitative estimate of drug-likeness (QED) is 0.667. The zero-order valence-electron chi connectivity index (χ0n) is 19.5. The van der Waals surface area contributed by atoms with Crippen LogP contribution in [0.4, 0.5) is 0 Å². The van der Waals surface area contributed by atoms with E-state index >= 15 is 0 Å². The third kappa shape index (κ3) is 5.46. The van der Waals surface area contributed by atoms with Crippen molar-refractivity contribution in [3.63, 3.8) is 0 Å². The molecule has 2 fully saturated rings. The first-order valence-electron chi connectivity index (χ1n) is 12.0. The molecular formula is C26H33N3O4. The molecule has 176 valence electrons. The summed E-state index contributed by atoms with van der Waals surface area (Å²) >= 11 is 0. The number of nitrogens with zero attached hydrogens (tertiary/aromatic N) is 2. The van der Waals surface area contributed by atoms with Crippen molar-refractivity contribution in [3.05, 3.63) is 63.6 Å². The summed E-state index contributed by atoms with van der Waals surface area (Å²) in [6.07, 6.45) is 9.19. The molecule has 1 N–H and O–H groups in total. The van der Waals surface area contributed by atoms with Gasteiger partial charge in [-0.25, -0.2) is 0 Å². The number of piperidine rings is 1. The number of hydrogen-bond donors (Lipinski definition) is 1. The second-order valence-electron chi connectivity index (χ2n) is 9.15. The van der Waals surface area contributed by atoms with Gasteiger partial charge in [-0.1, -0.05) is 19.1 Å².